The number of nitrogens with zero attached hydrogens (tertiary/aromatic N) is 3. The molecule has 0 saturated heterocycles. The van der Waals surface area contributed by atoms with E-state index in [0.29, 0.717) is 18.3 Å². The second-order valence-electron chi connectivity index (χ2n) is 3.88. The van der Waals surface area contributed by atoms with Crippen LogP contribution in [0, 0.1) is 6.92 Å². The Morgan fingerprint density at radius 1 is 1.22 bits per heavy atom. The number of hydrogen-bond donors (Lipinski definition) is 0. The van der Waals surface area contributed by atoms with Crippen LogP contribution in [-0.4, -0.2) is 21.6 Å². The van der Waals surface area contributed by atoms with Gasteiger partial charge in [-0.3, -0.25) is 4.98 Å². The fourth-order valence-corrected chi connectivity index (χ4v) is 2.03. The third kappa shape index (κ3) is 4.07. The van der Waals surface area contributed by atoms with Crippen LogP contribution in [-0.2, 0) is 6.42 Å². The van der Waals surface area contributed by atoms with Crippen molar-refractivity contribution in [3.05, 3.63) is 46.6 Å². The number of hydrogen-bond acceptors (Lipinski definition) is 4. The van der Waals surface area contributed by atoms with Crippen molar-refractivity contribution in [2.24, 2.45) is 0 Å². The normalized spacial score (nSPS) is 10.3. The number of halogens is 1. The number of aromatic nitrogens is 3. The van der Waals surface area contributed by atoms with E-state index in [1.54, 1.807) is 18.5 Å². The average Bonchev–Trinajstić information content (AvgIpc) is 2.35. The van der Waals surface area contributed by atoms with Gasteiger partial charge in [0.25, 0.3) is 0 Å². The van der Waals surface area contributed by atoms with E-state index in [1.165, 1.54) is 5.56 Å². The molecule has 0 amide bonds. The highest BCUT2D eigenvalue weighted by molar-refractivity contribution is 9.10. The molecule has 0 bridgehead atoms. The molecule has 5 heteroatoms. The first kappa shape index (κ1) is 13.0. The quantitative estimate of drug-likeness (QED) is 0.629. The molecular formula is C13H14BrN3O. The van der Waals surface area contributed by atoms with Gasteiger partial charge in [-0.25, -0.2) is 4.98 Å². The molecule has 2 aromatic heterocycles. The van der Waals surface area contributed by atoms with Crippen LogP contribution in [0.4, 0.5) is 0 Å². The van der Waals surface area contributed by atoms with Crippen LogP contribution in [0.2, 0.25) is 0 Å². The van der Waals surface area contributed by atoms with Crippen molar-refractivity contribution >= 4 is 15.9 Å². The highest BCUT2D eigenvalue weighted by Crippen LogP contribution is 2.14. The maximum atomic E-state index is 5.59. The zero-order valence-corrected chi connectivity index (χ0v) is 11.7. The summed E-state index contributed by atoms with van der Waals surface area (Å²) in [6, 6.07) is 5.82. The Kier molecular flexibility index (Phi) is 4.64. The van der Waals surface area contributed by atoms with Crippen LogP contribution in [0.25, 0.3) is 0 Å². The molecule has 0 aliphatic carbocycles. The van der Waals surface area contributed by atoms with Gasteiger partial charge < -0.3 is 4.74 Å². The van der Waals surface area contributed by atoms with E-state index in [0.717, 1.165) is 17.4 Å². The molecule has 0 spiro atoms. The zero-order chi connectivity index (χ0) is 12.8. The standard InChI is InChI=1S/C13H14BrN3O/c1-10-16-12(14)9-13(17-10)18-8-2-3-11-4-6-15-7-5-11/h4-7,9H,2-3,8H2,1H3. The number of aryl methyl sites for hydroxylation is 2. The van der Waals surface area contributed by atoms with Gasteiger partial charge in [0.05, 0.1) is 6.61 Å². The summed E-state index contributed by atoms with van der Waals surface area (Å²) in [6.07, 6.45) is 5.54. The van der Waals surface area contributed by atoms with E-state index in [9.17, 15) is 0 Å². The summed E-state index contributed by atoms with van der Waals surface area (Å²) in [5.74, 6) is 1.32. The SMILES string of the molecule is Cc1nc(Br)cc(OCCCc2ccncc2)n1. The van der Waals surface area contributed by atoms with Crippen molar-refractivity contribution in [3.8, 4) is 5.88 Å². The van der Waals surface area contributed by atoms with E-state index in [1.807, 2.05) is 19.1 Å². The second-order valence-corrected chi connectivity index (χ2v) is 4.70. The topological polar surface area (TPSA) is 47.9 Å². The minimum atomic E-state index is 0.615. The van der Waals surface area contributed by atoms with Crippen LogP contribution in [0.1, 0.15) is 17.8 Å². The zero-order valence-electron chi connectivity index (χ0n) is 10.1. The van der Waals surface area contributed by atoms with Crippen molar-refractivity contribution in [2.75, 3.05) is 6.61 Å². The number of pyridine rings is 1. The molecule has 0 N–H and O–H groups in total. The average molecular weight is 308 g/mol. The van der Waals surface area contributed by atoms with Gasteiger partial charge in [0.1, 0.15) is 10.4 Å². The highest BCUT2D eigenvalue weighted by atomic mass is 79.9. The molecule has 0 unspecified atom stereocenters. The predicted molar refractivity (Wildman–Crippen MR) is 72.5 cm³/mol. The van der Waals surface area contributed by atoms with Gasteiger partial charge in [0, 0.05) is 18.5 Å². The first-order valence-corrected chi connectivity index (χ1v) is 6.56. The van der Waals surface area contributed by atoms with E-state index < -0.39 is 0 Å². The summed E-state index contributed by atoms with van der Waals surface area (Å²) in [6.45, 7) is 2.49. The second kappa shape index (κ2) is 6.44. The molecule has 2 heterocycles. The Labute approximate surface area is 115 Å². The lowest BCUT2D eigenvalue weighted by Gasteiger charge is -2.06. The lowest BCUT2D eigenvalue weighted by Crippen LogP contribution is -2.02. The Morgan fingerprint density at radius 2 is 2.00 bits per heavy atom. The molecule has 2 rings (SSSR count). The molecule has 0 fully saturated rings. The van der Waals surface area contributed by atoms with E-state index >= 15 is 0 Å². The molecule has 94 valence electrons. The van der Waals surface area contributed by atoms with Gasteiger partial charge in [-0.2, -0.15) is 4.98 Å². The summed E-state index contributed by atoms with van der Waals surface area (Å²) in [5, 5.41) is 0. The summed E-state index contributed by atoms with van der Waals surface area (Å²) in [4.78, 5) is 12.3. The van der Waals surface area contributed by atoms with E-state index in [4.69, 9.17) is 4.74 Å². The van der Waals surface area contributed by atoms with E-state index in [2.05, 4.69) is 30.9 Å². The smallest absolute Gasteiger partial charge is 0.217 e. The molecule has 0 aliphatic heterocycles. The van der Waals surface area contributed by atoms with Gasteiger partial charge >= 0.3 is 0 Å². The minimum Gasteiger partial charge on any atom is -0.478 e. The summed E-state index contributed by atoms with van der Waals surface area (Å²) < 4.78 is 6.34. The first-order valence-electron chi connectivity index (χ1n) is 5.77. The van der Waals surface area contributed by atoms with Crippen LogP contribution in [0.3, 0.4) is 0 Å². The third-order valence-corrected chi connectivity index (χ3v) is 2.80. The molecule has 0 radical (unpaired) electrons. The Hall–Kier alpha value is -1.49. The van der Waals surface area contributed by atoms with Gasteiger partial charge in [-0.1, -0.05) is 0 Å². The highest BCUT2D eigenvalue weighted by Gasteiger charge is 2.00. The fraction of sp³-hybridized carbons (Fsp3) is 0.308. The molecule has 4 nitrogen and oxygen atoms in total. The summed E-state index contributed by atoms with van der Waals surface area (Å²) in [5.41, 5.74) is 1.27. The molecule has 0 atom stereocenters. The third-order valence-electron chi connectivity index (χ3n) is 2.39. The van der Waals surface area contributed by atoms with Crippen LogP contribution in [0.5, 0.6) is 5.88 Å². The summed E-state index contributed by atoms with van der Waals surface area (Å²) in [7, 11) is 0. The van der Waals surface area contributed by atoms with Gasteiger partial charge in [0.15, 0.2) is 0 Å². The van der Waals surface area contributed by atoms with Gasteiger partial charge in [0.2, 0.25) is 5.88 Å². The first-order chi connectivity index (χ1) is 8.74. The van der Waals surface area contributed by atoms with Crippen LogP contribution < -0.4 is 4.74 Å². The lowest BCUT2D eigenvalue weighted by molar-refractivity contribution is 0.297. The molecular weight excluding hydrogens is 294 g/mol. The van der Waals surface area contributed by atoms with Crippen molar-refractivity contribution in [3.63, 3.8) is 0 Å². The molecule has 0 saturated carbocycles. The fourth-order valence-electron chi connectivity index (χ4n) is 1.58. The maximum absolute atomic E-state index is 5.59. The predicted octanol–water partition coefficient (Wildman–Crippen LogP) is 2.95. The molecule has 0 aliphatic rings. The van der Waals surface area contributed by atoms with Crippen molar-refractivity contribution in [1.82, 2.24) is 15.0 Å². The van der Waals surface area contributed by atoms with Crippen molar-refractivity contribution in [1.29, 1.82) is 0 Å². The molecule has 0 aromatic carbocycles. The van der Waals surface area contributed by atoms with Crippen molar-refractivity contribution < 1.29 is 4.74 Å². The van der Waals surface area contributed by atoms with Crippen molar-refractivity contribution in [2.45, 2.75) is 19.8 Å². The Morgan fingerprint density at radius 3 is 2.72 bits per heavy atom. The van der Waals surface area contributed by atoms with Gasteiger partial charge in [-0.05, 0) is 53.4 Å². The molecule has 18 heavy (non-hydrogen) atoms. The minimum absolute atomic E-state index is 0.615. The Balaban J connectivity index is 1.78. The van der Waals surface area contributed by atoms with Crippen LogP contribution in [0.15, 0.2) is 35.2 Å². The van der Waals surface area contributed by atoms with E-state index in [-0.39, 0.29) is 0 Å². The maximum Gasteiger partial charge on any atom is 0.217 e. The number of ether oxygens (including phenoxy) is 1. The summed E-state index contributed by atoms with van der Waals surface area (Å²) >= 11 is 3.32. The Bertz CT molecular complexity index is 485. The number of rotatable bonds is 5. The molecule has 2 aromatic rings. The largest absolute Gasteiger partial charge is 0.478 e. The van der Waals surface area contributed by atoms with Crippen LogP contribution >= 0.6 is 15.9 Å². The lowest BCUT2D eigenvalue weighted by atomic mass is 10.1. The monoisotopic (exact) mass is 307 g/mol. The van der Waals surface area contributed by atoms with Gasteiger partial charge in [-0.15, -0.1) is 0 Å².